The van der Waals surface area contributed by atoms with Crippen molar-refractivity contribution < 1.29 is 8.42 Å². The number of hydrogen-bond acceptors (Lipinski definition) is 3. The number of hydrogen-bond donors (Lipinski definition) is 1. The predicted octanol–water partition coefficient (Wildman–Crippen LogP) is 1.91. The molecule has 0 saturated carbocycles. The molecular weight excluding hydrogens is 260 g/mol. The summed E-state index contributed by atoms with van der Waals surface area (Å²) in [6.45, 7) is 5.37. The van der Waals surface area contributed by atoms with E-state index < -0.39 is 9.84 Å². The molecule has 0 bridgehead atoms. The van der Waals surface area contributed by atoms with Crippen molar-refractivity contribution in [2.24, 2.45) is 0 Å². The summed E-state index contributed by atoms with van der Waals surface area (Å²) < 4.78 is 25.2. The first-order valence-electron chi connectivity index (χ1n) is 7.18. The Hall–Kier alpha value is -0.810. The van der Waals surface area contributed by atoms with Crippen molar-refractivity contribution in [1.82, 2.24) is 9.88 Å². The van der Waals surface area contributed by atoms with E-state index in [1.807, 2.05) is 4.57 Å². The summed E-state index contributed by atoms with van der Waals surface area (Å²) in [5.74, 6) is 0.469. The lowest BCUT2D eigenvalue weighted by Crippen LogP contribution is -2.23. The van der Waals surface area contributed by atoms with Gasteiger partial charge in [-0.25, -0.2) is 8.42 Å². The van der Waals surface area contributed by atoms with Crippen molar-refractivity contribution in [2.45, 2.75) is 45.7 Å². The summed E-state index contributed by atoms with van der Waals surface area (Å²) in [5.41, 5.74) is 2.74. The number of nitrogens with one attached hydrogen (secondary N) is 1. The molecule has 5 heteroatoms. The van der Waals surface area contributed by atoms with Gasteiger partial charge in [0.15, 0.2) is 9.84 Å². The van der Waals surface area contributed by atoms with Crippen LogP contribution in [0.15, 0.2) is 12.4 Å². The Labute approximate surface area is 116 Å². The van der Waals surface area contributed by atoms with Crippen LogP contribution in [0.1, 0.15) is 43.9 Å². The standard InChI is InChI=1S/C14H24N2O2S/c1-3-15-14-7-5-6-12-10-16(11-13(12)14)8-9-19(17,18)4-2/h10-11,14-15H,3-9H2,1-2H3. The van der Waals surface area contributed by atoms with E-state index in [4.69, 9.17) is 0 Å². The van der Waals surface area contributed by atoms with Gasteiger partial charge in [-0.1, -0.05) is 13.8 Å². The van der Waals surface area contributed by atoms with Gasteiger partial charge < -0.3 is 9.88 Å². The molecular formula is C14H24N2O2S. The van der Waals surface area contributed by atoms with Crippen LogP contribution in [0, 0.1) is 0 Å². The molecule has 1 atom stereocenters. The molecule has 1 heterocycles. The highest BCUT2D eigenvalue weighted by Crippen LogP contribution is 2.30. The first kappa shape index (κ1) is 14.6. The maximum atomic E-state index is 11.6. The summed E-state index contributed by atoms with van der Waals surface area (Å²) in [6, 6.07) is 0.442. The number of aromatic nitrogens is 1. The number of sulfone groups is 1. The van der Waals surface area contributed by atoms with Crippen LogP contribution in [-0.2, 0) is 22.8 Å². The van der Waals surface area contributed by atoms with Crippen molar-refractivity contribution in [3.8, 4) is 0 Å². The molecule has 2 rings (SSSR count). The highest BCUT2D eigenvalue weighted by molar-refractivity contribution is 7.91. The minimum absolute atomic E-state index is 0.230. The molecule has 1 aliphatic rings. The smallest absolute Gasteiger partial charge is 0.151 e. The monoisotopic (exact) mass is 284 g/mol. The molecule has 19 heavy (non-hydrogen) atoms. The molecule has 4 nitrogen and oxygen atoms in total. The minimum atomic E-state index is -2.88. The maximum Gasteiger partial charge on any atom is 0.151 e. The van der Waals surface area contributed by atoms with Crippen LogP contribution < -0.4 is 5.32 Å². The third kappa shape index (κ3) is 3.60. The SMILES string of the molecule is CCNC1CCCc2cn(CCS(=O)(=O)CC)cc21. The van der Waals surface area contributed by atoms with Gasteiger partial charge in [-0.05, 0) is 36.9 Å². The quantitative estimate of drug-likeness (QED) is 0.868. The van der Waals surface area contributed by atoms with Crippen molar-refractivity contribution >= 4 is 9.84 Å². The van der Waals surface area contributed by atoms with Gasteiger partial charge in [0.2, 0.25) is 0 Å². The van der Waals surface area contributed by atoms with Gasteiger partial charge in [0.1, 0.15) is 0 Å². The van der Waals surface area contributed by atoms with Crippen LogP contribution in [0.3, 0.4) is 0 Å². The molecule has 1 N–H and O–H groups in total. The van der Waals surface area contributed by atoms with Crippen molar-refractivity contribution in [3.63, 3.8) is 0 Å². The van der Waals surface area contributed by atoms with E-state index in [1.165, 1.54) is 24.0 Å². The van der Waals surface area contributed by atoms with E-state index in [9.17, 15) is 8.42 Å². The fourth-order valence-electron chi connectivity index (χ4n) is 2.72. The van der Waals surface area contributed by atoms with Gasteiger partial charge in [-0.3, -0.25) is 0 Å². The summed E-state index contributed by atoms with van der Waals surface area (Å²) >= 11 is 0. The van der Waals surface area contributed by atoms with Crippen LogP contribution in [0.2, 0.25) is 0 Å². The Kier molecular flexibility index (Phi) is 4.68. The van der Waals surface area contributed by atoms with Gasteiger partial charge >= 0.3 is 0 Å². The van der Waals surface area contributed by atoms with E-state index >= 15 is 0 Å². The highest BCUT2D eigenvalue weighted by atomic mass is 32.2. The second-order valence-corrected chi connectivity index (χ2v) is 7.69. The summed E-state index contributed by atoms with van der Waals surface area (Å²) in [5, 5.41) is 3.51. The van der Waals surface area contributed by atoms with Crippen LogP contribution in [0.25, 0.3) is 0 Å². The molecule has 108 valence electrons. The molecule has 0 fully saturated rings. The molecule has 1 aromatic heterocycles. The normalized spacial score (nSPS) is 19.4. The zero-order chi connectivity index (χ0) is 13.9. The van der Waals surface area contributed by atoms with Crippen LogP contribution in [0.4, 0.5) is 0 Å². The van der Waals surface area contributed by atoms with E-state index in [2.05, 4.69) is 24.6 Å². The number of rotatable bonds is 6. The first-order valence-corrected chi connectivity index (χ1v) is 9.00. The third-order valence-electron chi connectivity index (χ3n) is 3.86. The second-order valence-electron chi connectivity index (χ2n) is 5.22. The van der Waals surface area contributed by atoms with E-state index in [0.29, 0.717) is 12.6 Å². The molecule has 0 radical (unpaired) electrons. The van der Waals surface area contributed by atoms with E-state index in [0.717, 1.165) is 13.0 Å². The second kappa shape index (κ2) is 6.09. The third-order valence-corrected chi connectivity index (χ3v) is 5.55. The maximum absolute atomic E-state index is 11.6. The van der Waals surface area contributed by atoms with Crippen molar-refractivity contribution in [2.75, 3.05) is 18.1 Å². The Bertz CT molecular complexity index is 520. The summed E-state index contributed by atoms with van der Waals surface area (Å²) in [7, 11) is -2.88. The van der Waals surface area contributed by atoms with E-state index in [-0.39, 0.29) is 11.5 Å². The molecule has 1 unspecified atom stereocenters. The van der Waals surface area contributed by atoms with Crippen LogP contribution in [-0.4, -0.2) is 31.0 Å². The van der Waals surface area contributed by atoms with Gasteiger partial charge in [-0.2, -0.15) is 0 Å². The number of nitrogens with zero attached hydrogens (tertiary/aromatic N) is 1. The largest absolute Gasteiger partial charge is 0.353 e. The number of fused-ring (bicyclic) bond motifs is 1. The minimum Gasteiger partial charge on any atom is -0.353 e. The van der Waals surface area contributed by atoms with Gasteiger partial charge in [0.05, 0.1) is 5.75 Å². The fraction of sp³-hybridized carbons (Fsp3) is 0.714. The lowest BCUT2D eigenvalue weighted by atomic mass is 9.91. The van der Waals surface area contributed by atoms with Crippen molar-refractivity contribution in [3.05, 3.63) is 23.5 Å². The average molecular weight is 284 g/mol. The van der Waals surface area contributed by atoms with Crippen LogP contribution >= 0.6 is 0 Å². The van der Waals surface area contributed by atoms with Crippen molar-refractivity contribution in [1.29, 1.82) is 0 Å². The lowest BCUT2D eigenvalue weighted by molar-refractivity contribution is 0.473. The topological polar surface area (TPSA) is 51.1 Å². The average Bonchev–Trinajstić information content (AvgIpc) is 2.81. The van der Waals surface area contributed by atoms with Gasteiger partial charge in [0.25, 0.3) is 0 Å². The van der Waals surface area contributed by atoms with Gasteiger partial charge in [0, 0.05) is 30.7 Å². The van der Waals surface area contributed by atoms with E-state index in [1.54, 1.807) is 6.92 Å². The zero-order valence-corrected chi connectivity index (χ0v) is 12.7. The zero-order valence-electron chi connectivity index (χ0n) is 11.9. The molecule has 1 aromatic rings. The molecule has 0 spiro atoms. The molecule has 0 aromatic carbocycles. The van der Waals surface area contributed by atoms with Crippen LogP contribution in [0.5, 0.6) is 0 Å². The summed E-state index contributed by atoms with van der Waals surface area (Å²) in [4.78, 5) is 0. The first-order chi connectivity index (χ1) is 9.05. The number of aryl methyl sites for hydroxylation is 2. The highest BCUT2D eigenvalue weighted by Gasteiger charge is 2.21. The molecule has 0 aliphatic heterocycles. The predicted molar refractivity (Wildman–Crippen MR) is 78.1 cm³/mol. The lowest BCUT2D eigenvalue weighted by Gasteiger charge is -2.22. The Morgan fingerprint density at radius 1 is 1.37 bits per heavy atom. The molecule has 0 saturated heterocycles. The molecule has 0 amide bonds. The Morgan fingerprint density at radius 3 is 2.84 bits per heavy atom. The Morgan fingerprint density at radius 2 is 2.16 bits per heavy atom. The Balaban J connectivity index is 2.09. The van der Waals surface area contributed by atoms with Gasteiger partial charge in [-0.15, -0.1) is 0 Å². The summed E-state index contributed by atoms with van der Waals surface area (Å²) in [6.07, 6.45) is 7.77. The fourth-order valence-corrected chi connectivity index (χ4v) is 3.50. The molecule has 1 aliphatic carbocycles.